The number of aromatic nitrogens is 3. The van der Waals surface area contributed by atoms with Crippen molar-refractivity contribution in [2.75, 3.05) is 6.54 Å². The minimum Gasteiger partial charge on any atom is -0.330 e. The second-order valence-corrected chi connectivity index (χ2v) is 4.26. The molecule has 1 heterocycles. The Balaban J connectivity index is 2.10. The van der Waals surface area contributed by atoms with Gasteiger partial charge in [-0.15, -0.1) is 5.10 Å². The van der Waals surface area contributed by atoms with E-state index in [4.69, 9.17) is 17.3 Å². The number of nitrogens with zero attached hydrogens (tertiary/aromatic N) is 3. The van der Waals surface area contributed by atoms with Gasteiger partial charge in [-0.05, 0) is 37.9 Å². The predicted octanol–water partition coefficient (Wildman–Crippen LogP) is 2.20. The van der Waals surface area contributed by atoms with Crippen LogP contribution in [0.1, 0.15) is 18.5 Å². The van der Waals surface area contributed by atoms with Crippen LogP contribution in [0.4, 0.5) is 0 Å². The smallest absolute Gasteiger partial charge is 0.0849 e. The molecule has 17 heavy (non-hydrogen) atoms. The molecule has 1 aromatic heterocycles. The first-order chi connectivity index (χ1) is 8.31. The molecule has 2 N–H and O–H groups in total. The van der Waals surface area contributed by atoms with Gasteiger partial charge in [0.25, 0.3) is 0 Å². The third-order valence-corrected chi connectivity index (χ3v) is 2.85. The molecule has 1 aromatic carbocycles. The number of unbranched alkanes of at least 4 members (excludes halogenated alkanes) is 1. The lowest BCUT2D eigenvalue weighted by molar-refractivity contribution is 0.727. The van der Waals surface area contributed by atoms with E-state index in [1.807, 2.05) is 30.5 Å². The number of halogens is 1. The molecule has 0 fully saturated rings. The maximum atomic E-state index is 6.09. The van der Waals surface area contributed by atoms with Crippen molar-refractivity contribution in [3.05, 3.63) is 41.2 Å². The molecule has 2 aromatic rings. The molecule has 0 saturated carbocycles. The maximum Gasteiger partial charge on any atom is 0.0849 e. The van der Waals surface area contributed by atoms with Crippen molar-refractivity contribution < 1.29 is 0 Å². The van der Waals surface area contributed by atoms with E-state index in [2.05, 4.69) is 10.3 Å². The van der Waals surface area contributed by atoms with E-state index in [0.29, 0.717) is 5.02 Å². The van der Waals surface area contributed by atoms with Crippen molar-refractivity contribution in [2.45, 2.75) is 19.3 Å². The van der Waals surface area contributed by atoms with Crippen LogP contribution in [0.25, 0.3) is 5.69 Å². The molecular formula is C12H15ClN4. The van der Waals surface area contributed by atoms with Crippen molar-refractivity contribution in [1.29, 1.82) is 0 Å². The lowest BCUT2D eigenvalue weighted by Gasteiger charge is -2.01. The van der Waals surface area contributed by atoms with Gasteiger partial charge in [0.2, 0.25) is 0 Å². The fraction of sp³-hybridized carbons (Fsp3) is 0.333. The van der Waals surface area contributed by atoms with E-state index in [0.717, 1.165) is 37.2 Å². The largest absolute Gasteiger partial charge is 0.330 e. The average molecular weight is 251 g/mol. The standard InChI is InChI=1S/C12H15ClN4/c13-11-6-1-2-7-12(11)17-9-10(15-16-17)5-3-4-8-14/h1-2,6-7,9H,3-5,8,14H2. The Labute approximate surface area is 105 Å². The Hall–Kier alpha value is -1.39. The van der Waals surface area contributed by atoms with Crippen LogP contribution in [0.15, 0.2) is 30.5 Å². The van der Waals surface area contributed by atoms with Gasteiger partial charge in [0, 0.05) is 0 Å². The first-order valence-electron chi connectivity index (χ1n) is 5.67. The molecule has 0 bridgehead atoms. The van der Waals surface area contributed by atoms with Gasteiger partial charge in [0.1, 0.15) is 0 Å². The summed E-state index contributed by atoms with van der Waals surface area (Å²) in [5.41, 5.74) is 7.27. The molecule has 2 rings (SSSR count). The van der Waals surface area contributed by atoms with Gasteiger partial charge in [-0.1, -0.05) is 28.9 Å². The van der Waals surface area contributed by atoms with Crippen LogP contribution in [0, 0.1) is 0 Å². The predicted molar refractivity (Wildman–Crippen MR) is 68.4 cm³/mol. The number of para-hydroxylation sites is 1. The molecular weight excluding hydrogens is 236 g/mol. The molecule has 0 saturated heterocycles. The Morgan fingerprint density at radius 2 is 2.06 bits per heavy atom. The van der Waals surface area contributed by atoms with Crippen LogP contribution in [0.2, 0.25) is 5.02 Å². The summed E-state index contributed by atoms with van der Waals surface area (Å²) in [6.07, 6.45) is 4.87. The first-order valence-corrected chi connectivity index (χ1v) is 6.05. The molecule has 0 spiro atoms. The number of hydrogen-bond donors (Lipinski definition) is 1. The Morgan fingerprint density at radius 1 is 1.24 bits per heavy atom. The molecule has 0 atom stereocenters. The molecule has 4 nitrogen and oxygen atoms in total. The van der Waals surface area contributed by atoms with Gasteiger partial charge in [-0.3, -0.25) is 0 Å². The van der Waals surface area contributed by atoms with Gasteiger partial charge in [0.05, 0.1) is 22.6 Å². The lowest BCUT2D eigenvalue weighted by Crippen LogP contribution is -1.99. The van der Waals surface area contributed by atoms with Gasteiger partial charge in [-0.25, -0.2) is 4.68 Å². The van der Waals surface area contributed by atoms with Gasteiger partial charge in [-0.2, -0.15) is 0 Å². The topological polar surface area (TPSA) is 56.7 Å². The SMILES string of the molecule is NCCCCc1cn(-c2ccccc2Cl)nn1. The van der Waals surface area contributed by atoms with Gasteiger partial charge in [0.15, 0.2) is 0 Å². The van der Waals surface area contributed by atoms with Crippen LogP contribution in [0.5, 0.6) is 0 Å². The summed E-state index contributed by atoms with van der Waals surface area (Å²) in [6.45, 7) is 0.721. The Bertz CT molecular complexity index is 481. The highest BCUT2D eigenvalue weighted by molar-refractivity contribution is 6.32. The monoisotopic (exact) mass is 250 g/mol. The zero-order valence-corrected chi connectivity index (χ0v) is 10.3. The summed E-state index contributed by atoms with van der Waals surface area (Å²) in [5.74, 6) is 0. The Morgan fingerprint density at radius 3 is 2.82 bits per heavy atom. The normalized spacial score (nSPS) is 10.7. The summed E-state index contributed by atoms with van der Waals surface area (Å²) >= 11 is 6.09. The van der Waals surface area contributed by atoms with E-state index in [1.54, 1.807) is 4.68 Å². The third kappa shape index (κ3) is 3.05. The quantitative estimate of drug-likeness (QED) is 0.828. The lowest BCUT2D eigenvalue weighted by atomic mass is 10.2. The second kappa shape index (κ2) is 5.80. The zero-order chi connectivity index (χ0) is 12.1. The molecule has 0 radical (unpaired) electrons. The summed E-state index contributed by atoms with van der Waals surface area (Å²) in [4.78, 5) is 0. The summed E-state index contributed by atoms with van der Waals surface area (Å²) in [6, 6.07) is 7.58. The van der Waals surface area contributed by atoms with Crippen molar-refractivity contribution >= 4 is 11.6 Å². The highest BCUT2D eigenvalue weighted by Gasteiger charge is 2.05. The number of aryl methyl sites for hydroxylation is 1. The van der Waals surface area contributed by atoms with E-state index in [9.17, 15) is 0 Å². The molecule has 0 unspecified atom stereocenters. The molecule has 0 aliphatic heterocycles. The fourth-order valence-corrected chi connectivity index (χ4v) is 1.84. The molecule has 5 heteroatoms. The minimum atomic E-state index is 0.672. The van der Waals surface area contributed by atoms with Crippen LogP contribution in [-0.4, -0.2) is 21.5 Å². The first kappa shape index (κ1) is 12.1. The molecule has 0 aliphatic rings. The molecule has 90 valence electrons. The minimum absolute atomic E-state index is 0.672. The highest BCUT2D eigenvalue weighted by atomic mass is 35.5. The van der Waals surface area contributed by atoms with E-state index < -0.39 is 0 Å². The molecule has 0 amide bonds. The zero-order valence-electron chi connectivity index (χ0n) is 9.51. The van der Waals surface area contributed by atoms with Crippen molar-refractivity contribution in [3.63, 3.8) is 0 Å². The highest BCUT2D eigenvalue weighted by Crippen LogP contribution is 2.18. The van der Waals surface area contributed by atoms with E-state index >= 15 is 0 Å². The van der Waals surface area contributed by atoms with Crippen molar-refractivity contribution in [3.8, 4) is 5.69 Å². The number of rotatable bonds is 5. The van der Waals surface area contributed by atoms with E-state index in [1.165, 1.54) is 0 Å². The average Bonchev–Trinajstić information content (AvgIpc) is 2.79. The second-order valence-electron chi connectivity index (χ2n) is 3.85. The van der Waals surface area contributed by atoms with Crippen LogP contribution in [-0.2, 0) is 6.42 Å². The fourth-order valence-electron chi connectivity index (χ4n) is 1.62. The van der Waals surface area contributed by atoms with Crippen molar-refractivity contribution in [2.24, 2.45) is 5.73 Å². The summed E-state index contributed by atoms with van der Waals surface area (Å²) in [5, 5.41) is 8.87. The van der Waals surface area contributed by atoms with Crippen LogP contribution >= 0.6 is 11.6 Å². The summed E-state index contributed by atoms with van der Waals surface area (Å²) < 4.78 is 1.71. The summed E-state index contributed by atoms with van der Waals surface area (Å²) in [7, 11) is 0. The number of benzene rings is 1. The van der Waals surface area contributed by atoms with Gasteiger partial charge >= 0.3 is 0 Å². The van der Waals surface area contributed by atoms with Crippen molar-refractivity contribution in [1.82, 2.24) is 15.0 Å². The molecule has 0 aliphatic carbocycles. The van der Waals surface area contributed by atoms with Gasteiger partial charge < -0.3 is 5.73 Å². The maximum absolute atomic E-state index is 6.09. The Kier molecular flexibility index (Phi) is 4.12. The third-order valence-electron chi connectivity index (χ3n) is 2.53. The van der Waals surface area contributed by atoms with Crippen LogP contribution < -0.4 is 5.73 Å². The number of hydrogen-bond acceptors (Lipinski definition) is 3. The number of nitrogens with two attached hydrogens (primary N) is 1. The van der Waals surface area contributed by atoms with E-state index in [-0.39, 0.29) is 0 Å². The van der Waals surface area contributed by atoms with Crippen LogP contribution in [0.3, 0.4) is 0 Å².